The Bertz CT molecular complexity index is 720. The highest BCUT2D eigenvalue weighted by Gasteiger charge is 2.21. The second kappa shape index (κ2) is 10.7. The molecule has 2 rings (SSSR count). The first-order valence-corrected chi connectivity index (χ1v) is 9.53. The molecule has 2 aromatic rings. The van der Waals surface area contributed by atoms with Crippen LogP contribution in [0.4, 0.5) is 0 Å². The number of para-hydroxylation sites is 1. The number of quaternary nitrogens is 1. The summed E-state index contributed by atoms with van der Waals surface area (Å²) in [5.41, 5.74) is 2.42. The standard InChI is InChI=1S/C21H29N3O2S/c1-24(2)19(18-7-5-6-8-20(18)26-4)15-23-21(27)22-14-13-16-9-11-17(25-3)12-10-16/h5-12,19H,13-15H2,1-4H3,(H2,22,23,27)/p+1/t19-/m1/s1. The molecule has 0 aromatic heterocycles. The van der Waals surface area contributed by atoms with Crippen LogP contribution in [0.1, 0.15) is 17.2 Å². The van der Waals surface area contributed by atoms with Crippen molar-refractivity contribution in [2.75, 3.05) is 41.4 Å². The minimum atomic E-state index is 0.238. The van der Waals surface area contributed by atoms with Crippen molar-refractivity contribution in [1.82, 2.24) is 10.6 Å². The first-order chi connectivity index (χ1) is 13.0. The lowest BCUT2D eigenvalue weighted by atomic mass is 10.0. The zero-order valence-electron chi connectivity index (χ0n) is 16.5. The molecule has 0 heterocycles. The molecule has 0 aliphatic rings. The van der Waals surface area contributed by atoms with Gasteiger partial charge in [-0.1, -0.05) is 24.3 Å². The molecule has 146 valence electrons. The molecule has 0 spiro atoms. The summed E-state index contributed by atoms with van der Waals surface area (Å²) in [4.78, 5) is 1.31. The molecule has 3 N–H and O–H groups in total. The molecule has 2 aromatic carbocycles. The Labute approximate surface area is 167 Å². The molecule has 0 fully saturated rings. The number of rotatable bonds is 9. The van der Waals surface area contributed by atoms with Gasteiger partial charge in [0.1, 0.15) is 17.5 Å². The monoisotopic (exact) mass is 388 g/mol. The first-order valence-electron chi connectivity index (χ1n) is 9.12. The maximum Gasteiger partial charge on any atom is 0.166 e. The second-order valence-electron chi connectivity index (χ2n) is 6.61. The number of ether oxygens (including phenoxy) is 2. The van der Waals surface area contributed by atoms with Gasteiger partial charge < -0.3 is 25.0 Å². The van der Waals surface area contributed by atoms with Gasteiger partial charge in [0.05, 0.1) is 40.4 Å². The van der Waals surface area contributed by atoms with E-state index in [4.69, 9.17) is 21.7 Å². The topological polar surface area (TPSA) is 47.0 Å². The van der Waals surface area contributed by atoms with E-state index in [1.165, 1.54) is 16.0 Å². The smallest absolute Gasteiger partial charge is 0.166 e. The Morgan fingerprint density at radius 1 is 1.00 bits per heavy atom. The number of benzene rings is 2. The highest BCUT2D eigenvalue weighted by atomic mass is 32.1. The van der Waals surface area contributed by atoms with Gasteiger partial charge in [0.15, 0.2) is 5.11 Å². The van der Waals surface area contributed by atoms with Crippen LogP contribution >= 0.6 is 12.2 Å². The van der Waals surface area contributed by atoms with Gasteiger partial charge in [-0.3, -0.25) is 0 Å². The summed E-state index contributed by atoms with van der Waals surface area (Å²) in [6.45, 7) is 1.52. The molecular weight excluding hydrogens is 358 g/mol. The van der Waals surface area contributed by atoms with E-state index in [1.54, 1.807) is 14.2 Å². The molecule has 0 aliphatic heterocycles. The molecule has 0 amide bonds. The third kappa shape index (κ3) is 6.41. The molecule has 27 heavy (non-hydrogen) atoms. The van der Waals surface area contributed by atoms with E-state index in [1.807, 2.05) is 30.3 Å². The molecule has 0 saturated heterocycles. The third-order valence-electron chi connectivity index (χ3n) is 4.54. The normalized spacial score (nSPS) is 11.7. The van der Waals surface area contributed by atoms with Gasteiger partial charge >= 0.3 is 0 Å². The van der Waals surface area contributed by atoms with E-state index in [9.17, 15) is 0 Å². The number of hydrogen-bond donors (Lipinski definition) is 3. The van der Waals surface area contributed by atoms with Crippen molar-refractivity contribution < 1.29 is 14.4 Å². The highest BCUT2D eigenvalue weighted by Crippen LogP contribution is 2.22. The molecule has 6 heteroatoms. The van der Waals surface area contributed by atoms with Crippen LogP contribution in [0.5, 0.6) is 11.5 Å². The van der Waals surface area contributed by atoms with Crippen LogP contribution in [0, 0.1) is 0 Å². The predicted molar refractivity (Wildman–Crippen MR) is 114 cm³/mol. The van der Waals surface area contributed by atoms with E-state index in [0.29, 0.717) is 5.11 Å². The van der Waals surface area contributed by atoms with Crippen LogP contribution in [0.25, 0.3) is 0 Å². The van der Waals surface area contributed by atoms with Crippen LogP contribution in [0.15, 0.2) is 48.5 Å². The van der Waals surface area contributed by atoms with Crippen molar-refractivity contribution >= 4 is 17.3 Å². The van der Waals surface area contributed by atoms with Gasteiger partial charge in [-0.05, 0) is 48.5 Å². The van der Waals surface area contributed by atoms with Gasteiger partial charge in [0.25, 0.3) is 0 Å². The van der Waals surface area contributed by atoms with Gasteiger partial charge in [-0.2, -0.15) is 0 Å². The average Bonchev–Trinajstić information content (AvgIpc) is 2.68. The quantitative estimate of drug-likeness (QED) is 0.570. The lowest BCUT2D eigenvalue weighted by Crippen LogP contribution is -3.07. The molecular formula is C21H30N3O2S+. The summed E-state index contributed by atoms with van der Waals surface area (Å²) in [5, 5.41) is 7.30. The number of nitrogens with one attached hydrogen (secondary N) is 3. The van der Waals surface area contributed by atoms with Crippen LogP contribution in [-0.2, 0) is 6.42 Å². The van der Waals surface area contributed by atoms with Crippen molar-refractivity contribution in [3.8, 4) is 11.5 Å². The Hall–Kier alpha value is -2.31. The maximum absolute atomic E-state index is 5.52. The number of thiocarbonyl (C=S) groups is 1. The van der Waals surface area contributed by atoms with E-state index in [-0.39, 0.29) is 6.04 Å². The van der Waals surface area contributed by atoms with E-state index in [2.05, 4.69) is 42.9 Å². The van der Waals surface area contributed by atoms with Crippen molar-refractivity contribution in [3.05, 3.63) is 59.7 Å². The van der Waals surface area contributed by atoms with Gasteiger partial charge in [-0.25, -0.2) is 0 Å². The second-order valence-corrected chi connectivity index (χ2v) is 7.02. The summed E-state index contributed by atoms with van der Waals surface area (Å²) < 4.78 is 10.7. The first kappa shape index (κ1) is 21.0. The summed E-state index contributed by atoms with van der Waals surface area (Å²) in [6.07, 6.45) is 0.903. The van der Waals surface area contributed by atoms with Crippen molar-refractivity contribution in [3.63, 3.8) is 0 Å². The molecule has 0 radical (unpaired) electrons. The number of hydrogen-bond acceptors (Lipinski definition) is 3. The summed E-state index contributed by atoms with van der Waals surface area (Å²) >= 11 is 5.44. The fourth-order valence-electron chi connectivity index (χ4n) is 2.95. The zero-order chi connectivity index (χ0) is 19.6. The summed E-state index contributed by atoms with van der Waals surface area (Å²) in [7, 11) is 7.66. The largest absolute Gasteiger partial charge is 0.497 e. The van der Waals surface area contributed by atoms with Gasteiger partial charge in [0, 0.05) is 6.54 Å². The summed E-state index contributed by atoms with van der Waals surface area (Å²) in [5.74, 6) is 1.78. The fourth-order valence-corrected chi connectivity index (χ4v) is 3.13. The number of likely N-dealkylation sites (N-methyl/N-ethyl adjacent to an activating group) is 1. The van der Waals surface area contributed by atoms with Crippen molar-refractivity contribution in [2.24, 2.45) is 0 Å². The van der Waals surface area contributed by atoms with Crippen molar-refractivity contribution in [1.29, 1.82) is 0 Å². The SMILES string of the molecule is COc1ccc(CCNC(=S)NC[C@H](c2ccccc2OC)[NH+](C)C)cc1. The zero-order valence-corrected chi connectivity index (χ0v) is 17.4. The molecule has 1 atom stereocenters. The third-order valence-corrected chi connectivity index (χ3v) is 4.82. The molecule has 0 unspecified atom stereocenters. The highest BCUT2D eigenvalue weighted by molar-refractivity contribution is 7.80. The Balaban J connectivity index is 1.83. The number of methoxy groups -OCH3 is 2. The Morgan fingerprint density at radius 3 is 2.33 bits per heavy atom. The minimum Gasteiger partial charge on any atom is -0.497 e. The van der Waals surface area contributed by atoms with Crippen LogP contribution in [0.2, 0.25) is 0 Å². The molecule has 5 nitrogen and oxygen atoms in total. The molecule has 0 bridgehead atoms. The Morgan fingerprint density at radius 2 is 1.70 bits per heavy atom. The molecule has 0 saturated carbocycles. The van der Waals surface area contributed by atoms with Crippen LogP contribution in [0.3, 0.4) is 0 Å². The summed E-state index contributed by atoms with van der Waals surface area (Å²) in [6, 6.07) is 16.5. The van der Waals surface area contributed by atoms with Crippen LogP contribution in [-0.4, -0.2) is 46.5 Å². The lowest BCUT2D eigenvalue weighted by molar-refractivity contribution is -0.890. The van der Waals surface area contributed by atoms with Crippen molar-refractivity contribution in [2.45, 2.75) is 12.5 Å². The van der Waals surface area contributed by atoms with E-state index < -0.39 is 0 Å². The van der Waals surface area contributed by atoms with Gasteiger partial charge in [-0.15, -0.1) is 0 Å². The Kier molecular flexibility index (Phi) is 8.36. The van der Waals surface area contributed by atoms with E-state index in [0.717, 1.165) is 31.0 Å². The maximum atomic E-state index is 5.52. The average molecular weight is 389 g/mol. The fraction of sp³-hybridized carbons (Fsp3) is 0.381. The van der Waals surface area contributed by atoms with E-state index >= 15 is 0 Å². The predicted octanol–water partition coefficient (Wildman–Crippen LogP) is 1.60. The lowest BCUT2D eigenvalue weighted by Gasteiger charge is -2.24. The van der Waals surface area contributed by atoms with Gasteiger partial charge in [0.2, 0.25) is 0 Å². The van der Waals surface area contributed by atoms with Crippen LogP contribution < -0.4 is 25.0 Å². The minimum absolute atomic E-state index is 0.238. The molecule has 0 aliphatic carbocycles.